The van der Waals surface area contributed by atoms with E-state index in [2.05, 4.69) is 38.3 Å². The number of rotatable bonds is 2. The third-order valence-electron chi connectivity index (χ3n) is 3.30. The van der Waals surface area contributed by atoms with Crippen LogP contribution in [0.4, 0.5) is 0 Å². The van der Waals surface area contributed by atoms with E-state index in [4.69, 9.17) is 0 Å². The Hall–Kier alpha value is -0.870. The summed E-state index contributed by atoms with van der Waals surface area (Å²) in [6.07, 6.45) is 0. The molecule has 1 aromatic rings. The topological polar surface area (TPSA) is 32.3 Å². The summed E-state index contributed by atoms with van der Waals surface area (Å²) in [5.74, 6) is 0.112. The van der Waals surface area contributed by atoms with E-state index in [9.17, 15) is 4.79 Å². The van der Waals surface area contributed by atoms with Crippen LogP contribution in [0, 0.1) is 0 Å². The second-order valence-corrected chi connectivity index (χ2v) is 5.78. The fourth-order valence-electron chi connectivity index (χ4n) is 2.03. The van der Waals surface area contributed by atoms with Crippen molar-refractivity contribution in [1.82, 2.24) is 10.2 Å². The second kappa shape index (κ2) is 4.78. The first kappa shape index (κ1) is 12.6. The lowest BCUT2D eigenvalue weighted by Gasteiger charge is -2.41. The number of hydrogen-bond donors (Lipinski definition) is 1. The maximum atomic E-state index is 11.8. The summed E-state index contributed by atoms with van der Waals surface area (Å²) in [7, 11) is 0. The second-order valence-electron chi connectivity index (χ2n) is 4.86. The van der Waals surface area contributed by atoms with Crippen LogP contribution in [-0.4, -0.2) is 29.4 Å². The molecule has 1 aromatic carbocycles. The number of carbonyl (C=O) groups excluding carboxylic acids is 1. The number of halogens is 1. The van der Waals surface area contributed by atoms with Crippen molar-refractivity contribution in [3.05, 3.63) is 34.3 Å². The summed E-state index contributed by atoms with van der Waals surface area (Å²) >= 11 is 3.42. The predicted octanol–water partition coefficient (Wildman–Crippen LogP) is 2.16. The first-order chi connectivity index (χ1) is 8.00. The monoisotopic (exact) mass is 296 g/mol. The molecule has 17 heavy (non-hydrogen) atoms. The molecule has 3 nitrogen and oxygen atoms in total. The zero-order chi connectivity index (χ0) is 12.5. The van der Waals surface area contributed by atoms with Gasteiger partial charge in [-0.2, -0.15) is 0 Å². The third kappa shape index (κ3) is 2.69. The van der Waals surface area contributed by atoms with Crippen LogP contribution in [0.5, 0.6) is 0 Å². The van der Waals surface area contributed by atoms with Crippen molar-refractivity contribution in [2.24, 2.45) is 0 Å². The van der Waals surface area contributed by atoms with Crippen molar-refractivity contribution < 1.29 is 4.79 Å². The zero-order valence-electron chi connectivity index (χ0n) is 10.2. The Balaban J connectivity index is 2.12. The Morgan fingerprint density at radius 1 is 1.35 bits per heavy atom. The van der Waals surface area contributed by atoms with E-state index in [1.165, 1.54) is 5.56 Å². The van der Waals surface area contributed by atoms with Crippen LogP contribution in [0.2, 0.25) is 0 Å². The van der Waals surface area contributed by atoms with Gasteiger partial charge in [0.2, 0.25) is 5.91 Å². The molecule has 0 unspecified atom stereocenters. The van der Waals surface area contributed by atoms with Gasteiger partial charge in [-0.15, -0.1) is 0 Å². The van der Waals surface area contributed by atoms with Crippen LogP contribution in [0.1, 0.15) is 19.4 Å². The van der Waals surface area contributed by atoms with E-state index < -0.39 is 5.54 Å². The number of piperazine rings is 1. The molecule has 1 aliphatic rings. The molecule has 0 aliphatic carbocycles. The molecule has 1 N–H and O–H groups in total. The van der Waals surface area contributed by atoms with Crippen molar-refractivity contribution in [3.8, 4) is 0 Å². The Bertz CT molecular complexity index is 414. The Labute approximate surface area is 110 Å². The molecule has 1 saturated heterocycles. The molecule has 0 atom stereocenters. The largest absolute Gasteiger partial charge is 0.353 e. The van der Waals surface area contributed by atoms with Crippen LogP contribution in [-0.2, 0) is 11.3 Å². The number of hydrogen-bond acceptors (Lipinski definition) is 2. The van der Waals surface area contributed by atoms with Gasteiger partial charge in [0.25, 0.3) is 0 Å². The van der Waals surface area contributed by atoms with Crippen LogP contribution in [0.3, 0.4) is 0 Å². The number of amides is 1. The highest BCUT2D eigenvalue weighted by atomic mass is 79.9. The highest BCUT2D eigenvalue weighted by molar-refractivity contribution is 9.10. The molecule has 0 spiro atoms. The Morgan fingerprint density at radius 2 is 2.00 bits per heavy atom. The molecule has 1 amide bonds. The van der Waals surface area contributed by atoms with Gasteiger partial charge in [-0.1, -0.05) is 28.1 Å². The quantitative estimate of drug-likeness (QED) is 0.907. The number of nitrogens with one attached hydrogen (secondary N) is 1. The summed E-state index contributed by atoms with van der Waals surface area (Å²) in [6.45, 7) is 6.39. The van der Waals surface area contributed by atoms with Crippen molar-refractivity contribution >= 4 is 21.8 Å². The minimum atomic E-state index is -0.425. The lowest BCUT2D eigenvalue weighted by Crippen LogP contribution is -2.61. The summed E-state index contributed by atoms with van der Waals surface area (Å²) < 4.78 is 1.08. The molecular formula is C13H17BrN2O. The van der Waals surface area contributed by atoms with Gasteiger partial charge in [-0.05, 0) is 31.5 Å². The van der Waals surface area contributed by atoms with Gasteiger partial charge in [-0.25, -0.2) is 0 Å². The van der Waals surface area contributed by atoms with Crippen molar-refractivity contribution in [1.29, 1.82) is 0 Å². The highest BCUT2D eigenvalue weighted by Crippen LogP contribution is 2.21. The van der Waals surface area contributed by atoms with Crippen molar-refractivity contribution in [2.75, 3.05) is 13.1 Å². The van der Waals surface area contributed by atoms with Crippen LogP contribution in [0.15, 0.2) is 28.7 Å². The van der Waals surface area contributed by atoms with E-state index in [1.807, 2.05) is 26.0 Å². The van der Waals surface area contributed by atoms with Crippen molar-refractivity contribution in [3.63, 3.8) is 0 Å². The lowest BCUT2D eigenvalue weighted by atomic mass is 9.98. The third-order valence-corrected chi connectivity index (χ3v) is 3.83. The number of carbonyl (C=O) groups is 1. The fraction of sp³-hybridized carbons (Fsp3) is 0.462. The first-order valence-electron chi connectivity index (χ1n) is 5.78. The first-order valence-corrected chi connectivity index (χ1v) is 6.57. The summed E-state index contributed by atoms with van der Waals surface area (Å²) in [6, 6.07) is 8.25. The molecule has 0 saturated carbocycles. The molecule has 0 aromatic heterocycles. The van der Waals surface area contributed by atoms with Gasteiger partial charge in [0, 0.05) is 24.1 Å². The highest BCUT2D eigenvalue weighted by Gasteiger charge is 2.37. The van der Waals surface area contributed by atoms with Gasteiger partial charge >= 0.3 is 0 Å². The van der Waals surface area contributed by atoms with Crippen LogP contribution in [0.25, 0.3) is 0 Å². The molecule has 1 aliphatic heterocycles. The van der Waals surface area contributed by atoms with Gasteiger partial charge in [0.15, 0.2) is 0 Å². The molecule has 0 radical (unpaired) electrons. The molecule has 2 rings (SSSR count). The van der Waals surface area contributed by atoms with Gasteiger partial charge in [-0.3, -0.25) is 9.69 Å². The number of nitrogens with zero attached hydrogens (tertiary/aromatic N) is 1. The maximum absolute atomic E-state index is 11.8. The molecule has 4 heteroatoms. The average molecular weight is 297 g/mol. The molecule has 92 valence electrons. The molecular weight excluding hydrogens is 280 g/mol. The van der Waals surface area contributed by atoms with Gasteiger partial charge < -0.3 is 5.32 Å². The smallest absolute Gasteiger partial charge is 0.240 e. The Kier molecular flexibility index (Phi) is 3.54. The molecule has 1 heterocycles. The van der Waals surface area contributed by atoms with Crippen LogP contribution >= 0.6 is 15.9 Å². The van der Waals surface area contributed by atoms with E-state index in [-0.39, 0.29) is 5.91 Å². The average Bonchev–Trinajstić information content (AvgIpc) is 2.28. The lowest BCUT2D eigenvalue weighted by molar-refractivity contribution is -0.135. The standard InChI is InChI=1S/C13H17BrN2O/c1-13(2)12(17)15-7-8-16(13)9-10-3-5-11(14)6-4-10/h3-6H,7-9H2,1-2H3,(H,15,17). The molecule has 0 bridgehead atoms. The minimum absolute atomic E-state index is 0.112. The van der Waals surface area contributed by atoms with E-state index in [1.54, 1.807) is 0 Å². The van der Waals surface area contributed by atoms with Crippen molar-refractivity contribution in [2.45, 2.75) is 25.9 Å². The predicted molar refractivity (Wildman–Crippen MR) is 71.6 cm³/mol. The van der Waals surface area contributed by atoms with E-state index >= 15 is 0 Å². The van der Waals surface area contributed by atoms with Gasteiger partial charge in [0.1, 0.15) is 0 Å². The van der Waals surface area contributed by atoms with Gasteiger partial charge in [0.05, 0.1) is 5.54 Å². The normalized spacial score (nSPS) is 20.1. The zero-order valence-corrected chi connectivity index (χ0v) is 11.8. The molecule has 1 fully saturated rings. The summed E-state index contributed by atoms with van der Waals surface area (Å²) in [5.41, 5.74) is 0.807. The Morgan fingerprint density at radius 3 is 2.65 bits per heavy atom. The fourth-order valence-corrected chi connectivity index (χ4v) is 2.30. The maximum Gasteiger partial charge on any atom is 0.240 e. The summed E-state index contributed by atoms with van der Waals surface area (Å²) in [5, 5.41) is 2.91. The van der Waals surface area contributed by atoms with E-state index in [0.717, 1.165) is 24.1 Å². The van der Waals surface area contributed by atoms with E-state index in [0.29, 0.717) is 0 Å². The SMILES string of the molecule is CC1(C)C(=O)NCCN1Cc1ccc(Br)cc1. The van der Waals surface area contributed by atoms with Crippen LogP contribution < -0.4 is 5.32 Å². The number of benzene rings is 1. The minimum Gasteiger partial charge on any atom is -0.353 e. The summed E-state index contributed by atoms with van der Waals surface area (Å²) in [4.78, 5) is 14.0.